The van der Waals surface area contributed by atoms with Crippen molar-refractivity contribution in [2.75, 3.05) is 20.8 Å². The van der Waals surface area contributed by atoms with Crippen molar-refractivity contribution in [3.05, 3.63) is 62.5 Å². The van der Waals surface area contributed by atoms with Gasteiger partial charge in [0.1, 0.15) is 6.54 Å². The Morgan fingerprint density at radius 3 is 2.47 bits per heavy atom. The molecule has 8 nitrogen and oxygen atoms in total. The average molecular weight is 496 g/mol. The summed E-state index contributed by atoms with van der Waals surface area (Å²) in [5, 5.41) is -0.355. The normalized spacial score (nSPS) is 14.6. The fourth-order valence-corrected chi connectivity index (χ4v) is 3.99. The lowest BCUT2D eigenvalue weighted by atomic mass is 10.1. The quantitative estimate of drug-likeness (QED) is 0.329. The van der Waals surface area contributed by atoms with Gasteiger partial charge in [0.15, 0.2) is 11.5 Å². The van der Waals surface area contributed by atoms with E-state index in [0.29, 0.717) is 17.3 Å². The molecular weight excluding hydrogens is 481 g/mol. The minimum atomic E-state index is -0.729. The van der Waals surface area contributed by atoms with E-state index in [1.807, 2.05) is 0 Å². The number of thioether (sulfide) groups is 1. The molecule has 2 aromatic carbocycles. The smallest absolute Gasteiger partial charge is 0.345 e. The summed E-state index contributed by atoms with van der Waals surface area (Å²) in [6.45, 7) is -0.487. The van der Waals surface area contributed by atoms with E-state index in [4.69, 9.17) is 32.7 Å². The molecule has 1 fully saturated rings. The second kappa shape index (κ2) is 10.1. The third kappa shape index (κ3) is 5.07. The van der Waals surface area contributed by atoms with Crippen LogP contribution in [0, 0.1) is 0 Å². The van der Waals surface area contributed by atoms with Crippen LogP contribution in [-0.2, 0) is 14.3 Å². The summed E-state index contributed by atoms with van der Waals surface area (Å²) < 4.78 is 15.2. The van der Waals surface area contributed by atoms with Crippen LogP contribution in [0.5, 0.6) is 11.5 Å². The number of carbonyl (C=O) groups is 4. The van der Waals surface area contributed by atoms with Crippen molar-refractivity contribution in [2.24, 2.45) is 0 Å². The summed E-state index contributed by atoms with van der Waals surface area (Å²) in [7, 11) is 2.51. The molecular formula is C21H15Cl2NO7S. The molecule has 0 aromatic heterocycles. The third-order valence-electron chi connectivity index (χ3n) is 4.23. The molecule has 1 aliphatic heterocycles. The Labute approximate surface area is 197 Å². The van der Waals surface area contributed by atoms with Gasteiger partial charge >= 0.3 is 11.9 Å². The molecule has 0 saturated carbocycles. The number of carbonyl (C=O) groups excluding carboxylic acids is 4. The van der Waals surface area contributed by atoms with Crippen LogP contribution in [0.2, 0.25) is 10.0 Å². The Balaban J connectivity index is 1.88. The zero-order valence-corrected chi connectivity index (χ0v) is 19.0. The Kier molecular flexibility index (Phi) is 7.44. The van der Waals surface area contributed by atoms with Gasteiger partial charge in [-0.25, -0.2) is 4.79 Å². The van der Waals surface area contributed by atoms with E-state index in [9.17, 15) is 19.2 Å². The topological polar surface area (TPSA) is 99.2 Å². The van der Waals surface area contributed by atoms with Crippen LogP contribution in [0.4, 0.5) is 4.79 Å². The summed E-state index contributed by atoms with van der Waals surface area (Å²) in [6, 6.07) is 9.28. The average Bonchev–Trinajstić information content (AvgIpc) is 3.02. The first-order valence-electron chi connectivity index (χ1n) is 8.91. The second-order valence-corrected chi connectivity index (χ2v) is 8.06. The number of nitrogens with zero attached hydrogens (tertiary/aromatic N) is 1. The lowest BCUT2D eigenvalue weighted by molar-refractivity contribution is -0.143. The van der Waals surface area contributed by atoms with Gasteiger partial charge in [-0.15, -0.1) is 0 Å². The van der Waals surface area contributed by atoms with E-state index in [1.165, 1.54) is 31.4 Å². The minimum Gasteiger partial charge on any atom is -0.493 e. The van der Waals surface area contributed by atoms with E-state index < -0.39 is 29.6 Å². The molecule has 11 heteroatoms. The lowest BCUT2D eigenvalue weighted by Crippen LogP contribution is -2.34. The van der Waals surface area contributed by atoms with Crippen LogP contribution in [0.1, 0.15) is 15.9 Å². The van der Waals surface area contributed by atoms with Gasteiger partial charge in [0.25, 0.3) is 11.1 Å². The maximum atomic E-state index is 12.5. The number of amides is 2. The summed E-state index contributed by atoms with van der Waals surface area (Å²) in [4.78, 5) is 49.3. The van der Waals surface area contributed by atoms with Crippen molar-refractivity contribution < 1.29 is 33.4 Å². The van der Waals surface area contributed by atoms with Crippen LogP contribution in [-0.4, -0.2) is 48.7 Å². The summed E-state index contributed by atoms with van der Waals surface area (Å²) in [5.41, 5.74) is 0.559. The Bertz CT molecular complexity index is 1150. The fraction of sp³-hybridized carbons (Fsp3) is 0.143. The van der Waals surface area contributed by atoms with Crippen molar-refractivity contribution in [3.8, 4) is 11.5 Å². The molecule has 0 aliphatic carbocycles. The second-order valence-electron chi connectivity index (χ2n) is 6.25. The molecule has 166 valence electrons. The molecule has 0 N–H and O–H groups in total. The molecule has 0 unspecified atom stereocenters. The SMILES string of the molecule is COC(=O)CN1C(=O)S/C(=C\c2cc(Cl)c(OC(=O)c3ccccc3Cl)c(OC)c2)C1=O. The van der Waals surface area contributed by atoms with Crippen LogP contribution in [0.25, 0.3) is 6.08 Å². The third-order valence-corrected chi connectivity index (χ3v) is 5.74. The number of hydrogen-bond donors (Lipinski definition) is 0. The Hall–Kier alpha value is -3.01. The Morgan fingerprint density at radius 2 is 1.81 bits per heavy atom. The van der Waals surface area contributed by atoms with E-state index >= 15 is 0 Å². The fourth-order valence-electron chi connectivity index (χ4n) is 2.68. The molecule has 1 aliphatic rings. The molecule has 1 saturated heterocycles. The largest absolute Gasteiger partial charge is 0.493 e. The van der Waals surface area contributed by atoms with Crippen molar-refractivity contribution in [3.63, 3.8) is 0 Å². The maximum Gasteiger partial charge on any atom is 0.345 e. The Morgan fingerprint density at radius 1 is 1.09 bits per heavy atom. The number of ether oxygens (including phenoxy) is 3. The zero-order chi connectivity index (χ0) is 23.4. The van der Waals surface area contributed by atoms with E-state index in [-0.39, 0.29) is 32.0 Å². The zero-order valence-electron chi connectivity index (χ0n) is 16.7. The van der Waals surface area contributed by atoms with Crippen LogP contribution in [0.3, 0.4) is 0 Å². The van der Waals surface area contributed by atoms with Gasteiger partial charge in [-0.3, -0.25) is 19.3 Å². The summed E-state index contributed by atoms with van der Waals surface area (Å²) >= 11 is 13.0. The van der Waals surface area contributed by atoms with Crippen molar-refractivity contribution in [2.45, 2.75) is 0 Å². The molecule has 0 bridgehead atoms. The number of imide groups is 1. The molecule has 2 aromatic rings. The first-order valence-corrected chi connectivity index (χ1v) is 10.5. The van der Waals surface area contributed by atoms with Crippen LogP contribution < -0.4 is 9.47 Å². The molecule has 2 amide bonds. The molecule has 0 radical (unpaired) electrons. The highest BCUT2D eigenvalue weighted by molar-refractivity contribution is 8.18. The number of hydrogen-bond acceptors (Lipinski definition) is 8. The van der Waals surface area contributed by atoms with E-state index in [0.717, 1.165) is 12.0 Å². The summed E-state index contributed by atoms with van der Waals surface area (Å²) in [5.74, 6) is -2.00. The van der Waals surface area contributed by atoms with Crippen molar-refractivity contribution in [1.82, 2.24) is 4.90 Å². The first kappa shape index (κ1) is 23.6. The highest BCUT2D eigenvalue weighted by Gasteiger charge is 2.36. The first-order chi connectivity index (χ1) is 15.2. The number of rotatable bonds is 6. The van der Waals surface area contributed by atoms with Gasteiger partial charge in [0.05, 0.1) is 34.7 Å². The van der Waals surface area contributed by atoms with Crippen LogP contribution in [0.15, 0.2) is 41.3 Å². The number of benzene rings is 2. The number of esters is 2. The maximum absolute atomic E-state index is 12.5. The molecule has 1 heterocycles. The molecule has 3 rings (SSSR count). The summed E-state index contributed by atoms with van der Waals surface area (Å²) in [6.07, 6.45) is 1.41. The minimum absolute atomic E-state index is 0.0322. The predicted molar refractivity (Wildman–Crippen MR) is 119 cm³/mol. The lowest BCUT2D eigenvalue weighted by Gasteiger charge is -2.13. The molecule has 0 atom stereocenters. The van der Waals surface area contributed by atoms with Gasteiger partial charge in [-0.2, -0.15) is 0 Å². The number of halogens is 2. The van der Waals surface area contributed by atoms with E-state index in [1.54, 1.807) is 18.2 Å². The van der Waals surface area contributed by atoms with Gasteiger partial charge in [-0.05, 0) is 47.7 Å². The molecule has 0 spiro atoms. The van der Waals surface area contributed by atoms with Gasteiger partial charge in [-0.1, -0.05) is 35.3 Å². The van der Waals surface area contributed by atoms with Gasteiger partial charge in [0, 0.05) is 0 Å². The van der Waals surface area contributed by atoms with E-state index in [2.05, 4.69) is 4.74 Å². The monoisotopic (exact) mass is 495 g/mol. The van der Waals surface area contributed by atoms with Crippen molar-refractivity contribution >= 4 is 64.1 Å². The standard InChI is InChI=1S/C21H15Cl2NO7S/c1-29-15-8-11(9-16-19(26)24(21(28)32-16)10-17(25)30-2)7-14(23)18(15)31-20(27)12-5-3-4-6-13(12)22/h3-9H,10H2,1-2H3/b16-9-. The van der Waals surface area contributed by atoms with Crippen LogP contribution >= 0.6 is 35.0 Å². The predicted octanol–water partition coefficient (Wildman–Crippen LogP) is 4.43. The van der Waals surface area contributed by atoms with Crippen molar-refractivity contribution in [1.29, 1.82) is 0 Å². The highest BCUT2D eigenvalue weighted by atomic mass is 35.5. The van der Waals surface area contributed by atoms with Gasteiger partial charge < -0.3 is 14.2 Å². The highest BCUT2D eigenvalue weighted by Crippen LogP contribution is 2.39. The molecule has 32 heavy (non-hydrogen) atoms. The number of methoxy groups -OCH3 is 2. The van der Waals surface area contributed by atoms with Gasteiger partial charge in [0.2, 0.25) is 0 Å².